The monoisotopic (exact) mass is 348 g/mol. The SMILES string of the molecule is OC(C1=CCCCCC1)c1ccc(Br)c(C(F)(F)F)c1. The van der Waals surface area contributed by atoms with Crippen LogP contribution in [0.5, 0.6) is 0 Å². The molecule has 5 heteroatoms. The van der Waals surface area contributed by atoms with Gasteiger partial charge in [0.15, 0.2) is 0 Å². The molecule has 0 saturated carbocycles. The highest BCUT2D eigenvalue weighted by Crippen LogP contribution is 2.38. The molecule has 0 spiro atoms. The van der Waals surface area contributed by atoms with E-state index in [4.69, 9.17) is 0 Å². The zero-order valence-corrected chi connectivity index (χ0v) is 12.5. The lowest BCUT2D eigenvalue weighted by Gasteiger charge is -2.17. The maximum atomic E-state index is 12.9. The van der Waals surface area contributed by atoms with Gasteiger partial charge < -0.3 is 5.11 Å². The minimum absolute atomic E-state index is 0.00389. The van der Waals surface area contributed by atoms with Crippen LogP contribution in [0.4, 0.5) is 13.2 Å². The second-order valence-corrected chi connectivity index (χ2v) is 5.87. The predicted molar refractivity (Wildman–Crippen MR) is 75.3 cm³/mol. The Morgan fingerprint density at radius 3 is 2.60 bits per heavy atom. The summed E-state index contributed by atoms with van der Waals surface area (Å²) in [6.45, 7) is 0. The fourth-order valence-corrected chi connectivity index (χ4v) is 2.90. The fourth-order valence-electron chi connectivity index (χ4n) is 2.43. The average molecular weight is 349 g/mol. The second-order valence-electron chi connectivity index (χ2n) is 5.02. The van der Waals surface area contributed by atoms with Crippen molar-refractivity contribution >= 4 is 15.9 Å². The van der Waals surface area contributed by atoms with Crippen LogP contribution in [0.15, 0.2) is 34.3 Å². The number of hydrogen-bond acceptors (Lipinski definition) is 1. The molecule has 2 rings (SSSR count). The van der Waals surface area contributed by atoms with Gasteiger partial charge in [-0.15, -0.1) is 0 Å². The average Bonchev–Trinajstić information content (AvgIpc) is 2.66. The Bertz CT molecular complexity index is 508. The molecule has 0 amide bonds. The number of alkyl halides is 3. The second kappa shape index (κ2) is 6.31. The van der Waals surface area contributed by atoms with E-state index >= 15 is 0 Å². The van der Waals surface area contributed by atoms with Gasteiger partial charge in [-0.05, 0) is 49.0 Å². The number of hydrogen-bond donors (Lipinski definition) is 1. The van der Waals surface area contributed by atoms with Gasteiger partial charge in [-0.3, -0.25) is 0 Å². The van der Waals surface area contributed by atoms with Crippen LogP contribution < -0.4 is 0 Å². The van der Waals surface area contributed by atoms with Crippen molar-refractivity contribution < 1.29 is 18.3 Å². The van der Waals surface area contributed by atoms with Crippen LogP contribution in [-0.4, -0.2) is 5.11 Å². The molecule has 110 valence electrons. The van der Waals surface area contributed by atoms with Gasteiger partial charge in [-0.1, -0.05) is 34.5 Å². The quantitative estimate of drug-likeness (QED) is 0.710. The van der Waals surface area contributed by atoms with Crippen LogP contribution in [-0.2, 0) is 6.18 Å². The van der Waals surface area contributed by atoms with Crippen LogP contribution in [0.25, 0.3) is 0 Å². The van der Waals surface area contributed by atoms with Gasteiger partial charge >= 0.3 is 6.18 Å². The first-order chi connectivity index (χ1) is 9.39. The highest BCUT2D eigenvalue weighted by Gasteiger charge is 2.33. The van der Waals surface area contributed by atoms with Gasteiger partial charge in [0.1, 0.15) is 6.10 Å². The standard InChI is InChI=1S/C15H16BrF3O/c16-13-8-7-11(9-12(13)15(17,18)19)14(20)10-5-3-1-2-4-6-10/h5,7-9,14,20H,1-4,6H2. The maximum absolute atomic E-state index is 12.9. The molecule has 0 aromatic heterocycles. The first-order valence-electron chi connectivity index (χ1n) is 6.63. The van der Waals surface area contributed by atoms with E-state index in [1.807, 2.05) is 6.08 Å². The third-order valence-electron chi connectivity index (χ3n) is 3.54. The Labute approximate surface area is 124 Å². The van der Waals surface area contributed by atoms with Gasteiger partial charge in [-0.25, -0.2) is 0 Å². The topological polar surface area (TPSA) is 20.2 Å². The lowest BCUT2D eigenvalue weighted by Crippen LogP contribution is -2.09. The van der Waals surface area contributed by atoms with Crippen molar-refractivity contribution in [2.45, 2.75) is 44.4 Å². The molecule has 0 saturated heterocycles. The minimum atomic E-state index is -4.42. The summed E-state index contributed by atoms with van der Waals surface area (Å²) in [4.78, 5) is 0. The van der Waals surface area contributed by atoms with E-state index in [-0.39, 0.29) is 4.47 Å². The molecule has 1 aromatic carbocycles. The Balaban J connectivity index is 2.30. The number of rotatable bonds is 2. The third-order valence-corrected chi connectivity index (χ3v) is 4.23. The predicted octanol–water partition coefficient (Wildman–Crippen LogP) is 5.39. The Morgan fingerprint density at radius 2 is 1.90 bits per heavy atom. The Kier molecular flexibility index (Phi) is 4.91. The largest absolute Gasteiger partial charge is 0.417 e. The minimum Gasteiger partial charge on any atom is -0.384 e. The van der Waals surface area contributed by atoms with Crippen molar-refractivity contribution in [2.24, 2.45) is 0 Å². The fraction of sp³-hybridized carbons (Fsp3) is 0.467. The maximum Gasteiger partial charge on any atom is 0.417 e. The summed E-state index contributed by atoms with van der Waals surface area (Å²) in [5, 5.41) is 10.3. The van der Waals surface area contributed by atoms with Crippen molar-refractivity contribution in [3.63, 3.8) is 0 Å². The van der Waals surface area contributed by atoms with E-state index in [1.165, 1.54) is 12.1 Å². The molecule has 1 unspecified atom stereocenters. The molecule has 1 aliphatic carbocycles. The lowest BCUT2D eigenvalue weighted by atomic mass is 9.96. The molecule has 0 radical (unpaired) electrons. The van der Waals surface area contributed by atoms with Crippen molar-refractivity contribution in [3.8, 4) is 0 Å². The molecular formula is C15H16BrF3O. The summed E-state index contributed by atoms with van der Waals surface area (Å²) < 4.78 is 38.6. The number of allylic oxidation sites excluding steroid dienone is 1. The normalized spacial score (nSPS) is 18.4. The summed E-state index contributed by atoms with van der Waals surface area (Å²) >= 11 is 2.91. The van der Waals surface area contributed by atoms with E-state index < -0.39 is 17.8 Å². The molecule has 1 N–H and O–H groups in total. The van der Waals surface area contributed by atoms with E-state index in [9.17, 15) is 18.3 Å². The van der Waals surface area contributed by atoms with E-state index in [0.29, 0.717) is 5.56 Å². The van der Waals surface area contributed by atoms with Gasteiger partial charge in [-0.2, -0.15) is 13.2 Å². The summed E-state index contributed by atoms with van der Waals surface area (Å²) in [6, 6.07) is 3.91. The van der Waals surface area contributed by atoms with Crippen molar-refractivity contribution in [2.75, 3.05) is 0 Å². The van der Waals surface area contributed by atoms with E-state index in [0.717, 1.165) is 43.7 Å². The first-order valence-corrected chi connectivity index (χ1v) is 7.42. The van der Waals surface area contributed by atoms with Crippen LogP contribution >= 0.6 is 15.9 Å². The van der Waals surface area contributed by atoms with Crippen molar-refractivity contribution in [3.05, 3.63) is 45.4 Å². The highest BCUT2D eigenvalue weighted by atomic mass is 79.9. The van der Waals surface area contributed by atoms with Crippen molar-refractivity contribution in [1.29, 1.82) is 0 Å². The van der Waals surface area contributed by atoms with Crippen LogP contribution in [0, 0.1) is 0 Å². The smallest absolute Gasteiger partial charge is 0.384 e. The molecule has 1 aliphatic rings. The zero-order valence-electron chi connectivity index (χ0n) is 10.9. The molecule has 1 atom stereocenters. The number of aliphatic hydroxyl groups is 1. The van der Waals surface area contributed by atoms with Gasteiger partial charge in [0.05, 0.1) is 5.56 Å². The Morgan fingerprint density at radius 1 is 1.15 bits per heavy atom. The van der Waals surface area contributed by atoms with E-state index in [1.54, 1.807) is 0 Å². The van der Waals surface area contributed by atoms with Gasteiger partial charge in [0, 0.05) is 4.47 Å². The summed E-state index contributed by atoms with van der Waals surface area (Å²) in [5.41, 5.74) is 0.384. The van der Waals surface area contributed by atoms with Crippen LogP contribution in [0.1, 0.15) is 49.3 Å². The highest BCUT2D eigenvalue weighted by molar-refractivity contribution is 9.10. The molecule has 1 aromatic rings. The summed E-state index contributed by atoms with van der Waals surface area (Å²) in [7, 11) is 0. The van der Waals surface area contributed by atoms with Crippen LogP contribution in [0.3, 0.4) is 0 Å². The lowest BCUT2D eigenvalue weighted by molar-refractivity contribution is -0.138. The van der Waals surface area contributed by atoms with Gasteiger partial charge in [0.2, 0.25) is 0 Å². The van der Waals surface area contributed by atoms with Crippen molar-refractivity contribution in [1.82, 2.24) is 0 Å². The molecule has 20 heavy (non-hydrogen) atoms. The molecule has 0 fully saturated rings. The third kappa shape index (κ3) is 3.64. The summed E-state index contributed by atoms with van der Waals surface area (Å²) in [6.07, 6.45) is 1.38. The van der Waals surface area contributed by atoms with Crippen LogP contribution in [0.2, 0.25) is 0 Å². The zero-order chi connectivity index (χ0) is 14.8. The number of aliphatic hydroxyl groups excluding tert-OH is 1. The first kappa shape index (κ1) is 15.6. The number of halogens is 4. The molecule has 1 nitrogen and oxygen atoms in total. The molecule has 0 bridgehead atoms. The van der Waals surface area contributed by atoms with Gasteiger partial charge in [0.25, 0.3) is 0 Å². The number of benzene rings is 1. The molecule has 0 heterocycles. The summed E-state index contributed by atoms with van der Waals surface area (Å²) in [5.74, 6) is 0. The molecule has 0 aliphatic heterocycles. The molecular weight excluding hydrogens is 333 g/mol. The van der Waals surface area contributed by atoms with E-state index in [2.05, 4.69) is 15.9 Å². The Hall–Kier alpha value is -0.810.